The van der Waals surface area contributed by atoms with E-state index in [2.05, 4.69) is 4.98 Å². The van der Waals surface area contributed by atoms with Gasteiger partial charge in [0.1, 0.15) is 0 Å². The Bertz CT molecular complexity index is 217. The lowest BCUT2D eigenvalue weighted by Gasteiger charge is -2.03. The molecule has 0 bridgehead atoms. The first-order chi connectivity index (χ1) is 4.75. The standard InChI is InChI=1S/C8H11NO.ClH/c1-6-3-9-4-7(2)8(6)5-10;/h3-4,10H,5H2,1-2H3;1H. The van der Waals surface area contributed by atoms with Gasteiger partial charge in [-0.25, -0.2) is 0 Å². The molecule has 1 aromatic heterocycles. The molecule has 11 heavy (non-hydrogen) atoms. The van der Waals surface area contributed by atoms with E-state index in [9.17, 15) is 0 Å². The van der Waals surface area contributed by atoms with Crippen LogP contribution < -0.4 is 0 Å². The maximum absolute atomic E-state index is 8.87. The van der Waals surface area contributed by atoms with Gasteiger partial charge >= 0.3 is 0 Å². The molecule has 62 valence electrons. The Morgan fingerprint density at radius 2 is 1.73 bits per heavy atom. The van der Waals surface area contributed by atoms with Crippen LogP contribution in [0.1, 0.15) is 16.7 Å². The predicted molar refractivity (Wildman–Crippen MR) is 46.9 cm³/mol. The molecular weight excluding hydrogens is 162 g/mol. The van der Waals surface area contributed by atoms with E-state index in [1.54, 1.807) is 12.4 Å². The lowest BCUT2D eigenvalue weighted by molar-refractivity contribution is 0.280. The fraction of sp³-hybridized carbons (Fsp3) is 0.375. The van der Waals surface area contributed by atoms with Crippen molar-refractivity contribution in [1.29, 1.82) is 0 Å². The lowest BCUT2D eigenvalue weighted by atomic mass is 10.1. The Balaban J connectivity index is 0.000001000. The number of halogens is 1. The first-order valence-corrected chi connectivity index (χ1v) is 3.26. The zero-order valence-electron chi connectivity index (χ0n) is 6.66. The number of hydrogen-bond donors (Lipinski definition) is 1. The fourth-order valence-electron chi connectivity index (χ4n) is 0.977. The molecule has 1 heterocycles. The van der Waals surface area contributed by atoms with Gasteiger partial charge in [-0.2, -0.15) is 0 Å². The maximum Gasteiger partial charge on any atom is 0.0688 e. The number of aliphatic hydroxyl groups excluding tert-OH is 1. The maximum atomic E-state index is 8.87. The average molecular weight is 174 g/mol. The second-order valence-electron chi connectivity index (χ2n) is 2.41. The van der Waals surface area contributed by atoms with Crippen LogP contribution in [-0.4, -0.2) is 10.1 Å². The molecular formula is C8H12ClNO. The van der Waals surface area contributed by atoms with Gasteiger partial charge in [0.25, 0.3) is 0 Å². The monoisotopic (exact) mass is 173 g/mol. The van der Waals surface area contributed by atoms with E-state index in [1.807, 2.05) is 13.8 Å². The molecule has 0 saturated carbocycles. The van der Waals surface area contributed by atoms with Crippen LogP contribution in [0.4, 0.5) is 0 Å². The molecule has 2 nitrogen and oxygen atoms in total. The number of hydrogen-bond acceptors (Lipinski definition) is 2. The average Bonchev–Trinajstić information content (AvgIpc) is 1.88. The summed E-state index contributed by atoms with van der Waals surface area (Å²) < 4.78 is 0. The Kier molecular flexibility index (Phi) is 4.08. The molecule has 1 N–H and O–H groups in total. The van der Waals surface area contributed by atoms with Crippen LogP contribution in [0.3, 0.4) is 0 Å². The molecule has 0 radical (unpaired) electrons. The first kappa shape index (κ1) is 10.4. The fourth-order valence-corrected chi connectivity index (χ4v) is 0.977. The Morgan fingerprint density at radius 3 is 2.00 bits per heavy atom. The summed E-state index contributed by atoms with van der Waals surface area (Å²) in [6, 6.07) is 0. The number of pyridine rings is 1. The molecule has 1 aromatic rings. The molecule has 0 aliphatic rings. The van der Waals surface area contributed by atoms with Crippen molar-refractivity contribution in [3.8, 4) is 0 Å². The Morgan fingerprint density at radius 1 is 1.27 bits per heavy atom. The highest BCUT2D eigenvalue weighted by Gasteiger charge is 1.98. The van der Waals surface area contributed by atoms with Gasteiger partial charge in [0.15, 0.2) is 0 Å². The van der Waals surface area contributed by atoms with Crippen molar-refractivity contribution in [1.82, 2.24) is 4.98 Å². The summed E-state index contributed by atoms with van der Waals surface area (Å²) >= 11 is 0. The minimum Gasteiger partial charge on any atom is -0.392 e. The van der Waals surface area contributed by atoms with E-state index >= 15 is 0 Å². The summed E-state index contributed by atoms with van der Waals surface area (Å²) in [7, 11) is 0. The normalized spacial score (nSPS) is 9.00. The van der Waals surface area contributed by atoms with Crippen molar-refractivity contribution in [3.05, 3.63) is 29.1 Å². The van der Waals surface area contributed by atoms with Crippen LogP contribution in [-0.2, 0) is 6.61 Å². The van der Waals surface area contributed by atoms with E-state index in [0.29, 0.717) is 0 Å². The quantitative estimate of drug-likeness (QED) is 0.700. The minimum absolute atomic E-state index is 0. The third-order valence-electron chi connectivity index (χ3n) is 1.65. The molecule has 0 spiro atoms. The number of nitrogens with zero attached hydrogens (tertiary/aromatic N) is 1. The van der Waals surface area contributed by atoms with E-state index in [4.69, 9.17) is 5.11 Å². The molecule has 0 atom stereocenters. The van der Waals surface area contributed by atoms with Crippen LogP contribution in [0.5, 0.6) is 0 Å². The van der Waals surface area contributed by atoms with E-state index in [1.165, 1.54) is 0 Å². The molecule has 0 unspecified atom stereocenters. The zero-order valence-corrected chi connectivity index (χ0v) is 7.48. The largest absolute Gasteiger partial charge is 0.392 e. The Hall–Kier alpha value is -0.600. The SMILES string of the molecule is Cc1cncc(C)c1CO.Cl. The molecule has 0 aliphatic heterocycles. The number of aromatic nitrogens is 1. The van der Waals surface area contributed by atoms with Crippen molar-refractivity contribution in [2.45, 2.75) is 20.5 Å². The van der Waals surface area contributed by atoms with E-state index in [0.717, 1.165) is 16.7 Å². The van der Waals surface area contributed by atoms with Crippen LogP contribution in [0, 0.1) is 13.8 Å². The lowest BCUT2D eigenvalue weighted by Crippen LogP contribution is -1.93. The van der Waals surface area contributed by atoms with Crippen molar-refractivity contribution in [2.24, 2.45) is 0 Å². The van der Waals surface area contributed by atoms with Gasteiger partial charge in [-0.3, -0.25) is 4.98 Å². The molecule has 1 rings (SSSR count). The van der Waals surface area contributed by atoms with Crippen molar-refractivity contribution < 1.29 is 5.11 Å². The van der Waals surface area contributed by atoms with Gasteiger partial charge in [0.2, 0.25) is 0 Å². The first-order valence-electron chi connectivity index (χ1n) is 3.26. The highest BCUT2D eigenvalue weighted by Crippen LogP contribution is 2.09. The van der Waals surface area contributed by atoms with Gasteiger partial charge in [-0.1, -0.05) is 0 Å². The highest BCUT2D eigenvalue weighted by atomic mass is 35.5. The molecule has 0 aliphatic carbocycles. The third-order valence-corrected chi connectivity index (χ3v) is 1.65. The molecule has 0 aromatic carbocycles. The van der Waals surface area contributed by atoms with Gasteiger partial charge in [0.05, 0.1) is 6.61 Å². The summed E-state index contributed by atoms with van der Waals surface area (Å²) in [6.45, 7) is 4.01. The summed E-state index contributed by atoms with van der Waals surface area (Å²) in [5, 5.41) is 8.87. The highest BCUT2D eigenvalue weighted by molar-refractivity contribution is 5.85. The minimum atomic E-state index is 0. The van der Waals surface area contributed by atoms with Crippen molar-refractivity contribution in [2.75, 3.05) is 0 Å². The van der Waals surface area contributed by atoms with Crippen LogP contribution in [0.15, 0.2) is 12.4 Å². The molecule has 3 heteroatoms. The summed E-state index contributed by atoms with van der Waals surface area (Å²) in [6.07, 6.45) is 3.52. The predicted octanol–water partition coefficient (Wildman–Crippen LogP) is 1.61. The summed E-state index contributed by atoms with van der Waals surface area (Å²) in [4.78, 5) is 3.98. The van der Waals surface area contributed by atoms with Crippen LogP contribution in [0.2, 0.25) is 0 Å². The number of rotatable bonds is 1. The van der Waals surface area contributed by atoms with Gasteiger partial charge in [-0.15, -0.1) is 12.4 Å². The number of aliphatic hydroxyl groups is 1. The summed E-state index contributed by atoms with van der Waals surface area (Å²) in [5.74, 6) is 0. The van der Waals surface area contributed by atoms with E-state index in [-0.39, 0.29) is 19.0 Å². The van der Waals surface area contributed by atoms with Crippen molar-refractivity contribution >= 4 is 12.4 Å². The third kappa shape index (κ3) is 2.17. The van der Waals surface area contributed by atoms with E-state index < -0.39 is 0 Å². The van der Waals surface area contributed by atoms with Crippen LogP contribution in [0.25, 0.3) is 0 Å². The van der Waals surface area contributed by atoms with Gasteiger partial charge in [-0.05, 0) is 30.5 Å². The molecule has 0 amide bonds. The summed E-state index contributed by atoms with van der Waals surface area (Å²) in [5.41, 5.74) is 3.11. The smallest absolute Gasteiger partial charge is 0.0688 e. The second kappa shape index (κ2) is 4.31. The van der Waals surface area contributed by atoms with Gasteiger partial charge in [0, 0.05) is 12.4 Å². The Labute approximate surface area is 72.7 Å². The topological polar surface area (TPSA) is 33.1 Å². The number of aryl methyl sites for hydroxylation is 2. The van der Waals surface area contributed by atoms with Gasteiger partial charge < -0.3 is 5.11 Å². The molecule has 0 fully saturated rings. The van der Waals surface area contributed by atoms with Crippen LogP contribution >= 0.6 is 12.4 Å². The second-order valence-corrected chi connectivity index (χ2v) is 2.41. The van der Waals surface area contributed by atoms with Crippen molar-refractivity contribution in [3.63, 3.8) is 0 Å². The zero-order chi connectivity index (χ0) is 7.56. The molecule has 0 saturated heterocycles.